The standard InChI is InChI=1S/C17H16F2N4O2/c1-17(18,19)14-6-7-20-16(22-14)23-8-9-24-10-12(23)15-21-11-4-2-3-5-13(11)25-15/h2-7,12H,8-10H2,1H3. The quantitative estimate of drug-likeness (QED) is 0.725. The molecule has 0 spiro atoms. The third-order valence-corrected chi connectivity index (χ3v) is 4.07. The van der Waals surface area contributed by atoms with Crippen LogP contribution in [0.15, 0.2) is 40.9 Å². The van der Waals surface area contributed by atoms with Crippen LogP contribution in [0.1, 0.15) is 24.6 Å². The van der Waals surface area contributed by atoms with Gasteiger partial charge in [-0.1, -0.05) is 12.1 Å². The van der Waals surface area contributed by atoms with E-state index in [9.17, 15) is 8.78 Å². The minimum atomic E-state index is -3.03. The Balaban J connectivity index is 1.72. The van der Waals surface area contributed by atoms with Crippen LogP contribution >= 0.6 is 0 Å². The van der Waals surface area contributed by atoms with Gasteiger partial charge in [-0.25, -0.2) is 15.0 Å². The van der Waals surface area contributed by atoms with Crippen molar-refractivity contribution in [3.05, 3.63) is 48.1 Å². The zero-order valence-electron chi connectivity index (χ0n) is 13.5. The van der Waals surface area contributed by atoms with Crippen LogP contribution in [-0.2, 0) is 10.7 Å². The number of para-hydroxylation sites is 2. The fourth-order valence-electron chi connectivity index (χ4n) is 2.81. The number of alkyl halides is 2. The number of oxazole rings is 1. The second-order valence-corrected chi connectivity index (χ2v) is 5.93. The van der Waals surface area contributed by atoms with Crippen molar-refractivity contribution in [1.29, 1.82) is 0 Å². The molecule has 0 N–H and O–H groups in total. The van der Waals surface area contributed by atoms with Gasteiger partial charge in [-0.05, 0) is 18.2 Å². The summed E-state index contributed by atoms with van der Waals surface area (Å²) < 4.78 is 38.6. The summed E-state index contributed by atoms with van der Waals surface area (Å²) in [5.74, 6) is -2.36. The number of fused-ring (bicyclic) bond motifs is 1. The van der Waals surface area contributed by atoms with E-state index in [2.05, 4.69) is 15.0 Å². The second kappa shape index (κ2) is 6.03. The number of ether oxygens (including phenoxy) is 1. The summed E-state index contributed by atoms with van der Waals surface area (Å²) >= 11 is 0. The molecule has 130 valence electrons. The molecule has 0 saturated carbocycles. The summed E-state index contributed by atoms with van der Waals surface area (Å²) in [7, 11) is 0. The molecule has 0 aliphatic carbocycles. The average molecular weight is 346 g/mol. The van der Waals surface area contributed by atoms with Crippen LogP contribution in [0.2, 0.25) is 0 Å². The zero-order valence-corrected chi connectivity index (χ0v) is 13.5. The number of aromatic nitrogens is 3. The molecule has 25 heavy (non-hydrogen) atoms. The Hall–Kier alpha value is -2.61. The first kappa shape index (κ1) is 15.9. The minimum absolute atomic E-state index is 0.217. The third-order valence-electron chi connectivity index (χ3n) is 4.07. The van der Waals surface area contributed by atoms with Gasteiger partial charge in [0.15, 0.2) is 5.58 Å². The molecule has 1 aliphatic rings. The number of benzene rings is 1. The van der Waals surface area contributed by atoms with Gasteiger partial charge in [-0.3, -0.25) is 0 Å². The lowest BCUT2D eigenvalue weighted by atomic mass is 10.2. The molecule has 1 atom stereocenters. The van der Waals surface area contributed by atoms with Crippen molar-refractivity contribution in [2.45, 2.75) is 18.9 Å². The van der Waals surface area contributed by atoms with Crippen LogP contribution in [0.4, 0.5) is 14.7 Å². The molecule has 1 saturated heterocycles. The third kappa shape index (κ3) is 3.05. The zero-order chi connectivity index (χ0) is 17.4. The van der Waals surface area contributed by atoms with Gasteiger partial charge in [-0.2, -0.15) is 8.78 Å². The van der Waals surface area contributed by atoms with Crippen molar-refractivity contribution in [3.8, 4) is 0 Å². The van der Waals surface area contributed by atoms with Gasteiger partial charge in [0.2, 0.25) is 11.8 Å². The molecule has 3 aromatic rings. The van der Waals surface area contributed by atoms with Crippen LogP contribution in [-0.4, -0.2) is 34.7 Å². The van der Waals surface area contributed by atoms with Gasteiger partial charge in [0.25, 0.3) is 5.92 Å². The molecule has 8 heteroatoms. The second-order valence-electron chi connectivity index (χ2n) is 5.93. The van der Waals surface area contributed by atoms with E-state index in [1.165, 1.54) is 12.3 Å². The van der Waals surface area contributed by atoms with Crippen LogP contribution in [0, 0.1) is 0 Å². The van der Waals surface area contributed by atoms with E-state index < -0.39 is 5.92 Å². The molecular formula is C17H16F2N4O2. The highest BCUT2D eigenvalue weighted by atomic mass is 19.3. The number of nitrogens with zero attached hydrogens (tertiary/aromatic N) is 4. The Morgan fingerprint density at radius 2 is 2.04 bits per heavy atom. The van der Waals surface area contributed by atoms with Crippen LogP contribution in [0.3, 0.4) is 0 Å². The van der Waals surface area contributed by atoms with Crippen molar-refractivity contribution in [3.63, 3.8) is 0 Å². The normalized spacial score (nSPS) is 18.7. The van der Waals surface area contributed by atoms with Crippen molar-refractivity contribution < 1.29 is 17.9 Å². The van der Waals surface area contributed by atoms with E-state index in [1.807, 2.05) is 24.3 Å². The highest BCUT2D eigenvalue weighted by Crippen LogP contribution is 2.31. The van der Waals surface area contributed by atoms with Gasteiger partial charge in [0.1, 0.15) is 17.3 Å². The molecule has 1 fully saturated rings. The topological polar surface area (TPSA) is 64.3 Å². The van der Waals surface area contributed by atoms with Crippen molar-refractivity contribution in [1.82, 2.24) is 15.0 Å². The molecule has 1 aliphatic heterocycles. The van der Waals surface area contributed by atoms with E-state index in [-0.39, 0.29) is 17.7 Å². The first-order valence-electron chi connectivity index (χ1n) is 7.93. The van der Waals surface area contributed by atoms with E-state index in [0.717, 1.165) is 12.4 Å². The van der Waals surface area contributed by atoms with E-state index in [4.69, 9.17) is 9.15 Å². The summed E-state index contributed by atoms with van der Waals surface area (Å²) in [5, 5.41) is 0. The van der Waals surface area contributed by atoms with Gasteiger partial charge >= 0.3 is 0 Å². The molecule has 1 aromatic carbocycles. The smallest absolute Gasteiger partial charge is 0.287 e. The SMILES string of the molecule is CC(F)(F)c1ccnc(N2CCOCC2c2nc3ccccc3o2)n1. The monoisotopic (exact) mass is 346 g/mol. The number of hydrogen-bond donors (Lipinski definition) is 0. The molecule has 6 nitrogen and oxygen atoms in total. The predicted octanol–water partition coefficient (Wildman–Crippen LogP) is 3.31. The number of halogens is 2. The Bertz CT molecular complexity index is 860. The largest absolute Gasteiger partial charge is 0.438 e. The summed E-state index contributed by atoms with van der Waals surface area (Å²) in [6, 6.07) is 8.27. The lowest BCUT2D eigenvalue weighted by Crippen LogP contribution is -2.41. The summed E-state index contributed by atoms with van der Waals surface area (Å²) in [6.45, 7) is 2.05. The number of rotatable bonds is 3. The number of morpholine rings is 1. The lowest BCUT2D eigenvalue weighted by molar-refractivity contribution is 0.0126. The summed E-state index contributed by atoms with van der Waals surface area (Å²) in [6.07, 6.45) is 1.34. The number of anilines is 1. The first-order chi connectivity index (χ1) is 12.0. The molecule has 2 aromatic heterocycles. The average Bonchev–Trinajstić information content (AvgIpc) is 3.05. The maximum atomic E-state index is 13.6. The lowest BCUT2D eigenvalue weighted by Gasteiger charge is -2.33. The molecule has 0 amide bonds. The highest BCUT2D eigenvalue weighted by Gasteiger charge is 2.33. The Labute approximate surface area is 142 Å². The predicted molar refractivity (Wildman–Crippen MR) is 86.5 cm³/mol. The van der Waals surface area contributed by atoms with Crippen molar-refractivity contribution in [2.75, 3.05) is 24.7 Å². The van der Waals surface area contributed by atoms with Crippen molar-refractivity contribution >= 4 is 17.0 Å². The maximum absolute atomic E-state index is 13.6. The van der Waals surface area contributed by atoms with Crippen LogP contribution in [0.5, 0.6) is 0 Å². The van der Waals surface area contributed by atoms with Gasteiger partial charge < -0.3 is 14.1 Å². The molecule has 0 radical (unpaired) electrons. The van der Waals surface area contributed by atoms with Crippen LogP contribution < -0.4 is 4.90 Å². The Morgan fingerprint density at radius 3 is 2.84 bits per heavy atom. The van der Waals surface area contributed by atoms with E-state index >= 15 is 0 Å². The first-order valence-corrected chi connectivity index (χ1v) is 7.93. The fourth-order valence-corrected chi connectivity index (χ4v) is 2.81. The van der Waals surface area contributed by atoms with E-state index in [0.29, 0.717) is 31.2 Å². The summed E-state index contributed by atoms with van der Waals surface area (Å²) in [5.41, 5.74) is 1.08. The highest BCUT2D eigenvalue weighted by molar-refractivity contribution is 5.72. The molecule has 3 heterocycles. The Morgan fingerprint density at radius 1 is 1.20 bits per heavy atom. The van der Waals surface area contributed by atoms with Gasteiger partial charge in [0, 0.05) is 19.7 Å². The molecular weight excluding hydrogens is 330 g/mol. The van der Waals surface area contributed by atoms with E-state index in [1.54, 1.807) is 4.90 Å². The number of hydrogen-bond acceptors (Lipinski definition) is 6. The van der Waals surface area contributed by atoms with Crippen molar-refractivity contribution in [2.24, 2.45) is 0 Å². The molecule has 4 rings (SSSR count). The fraction of sp³-hybridized carbons (Fsp3) is 0.353. The Kier molecular flexibility index (Phi) is 3.84. The van der Waals surface area contributed by atoms with Crippen LogP contribution in [0.25, 0.3) is 11.1 Å². The van der Waals surface area contributed by atoms with Gasteiger partial charge in [-0.15, -0.1) is 0 Å². The molecule has 0 bridgehead atoms. The minimum Gasteiger partial charge on any atom is -0.438 e. The van der Waals surface area contributed by atoms with Gasteiger partial charge in [0.05, 0.1) is 13.2 Å². The summed E-state index contributed by atoms with van der Waals surface area (Å²) in [4.78, 5) is 14.5. The maximum Gasteiger partial charge on any atom is 0.287 e. The molecule has 1 unspecified atom stereocenters.